The molecule has 1 aromatic carbocycles. The van der Waals surface area contributed by atoms with E-state index in [4.69, 9.17) is 0 Å². The van der Waals surface area contributed by atoms with Crippen LogP contribution in [-0.2, 0) is 0 Å². The number of thiophene rings is 1. The summed E-state index contributed by atoms with van der Waals surface area (Å²) in [7, 11) is 0. The molecule has 3 rings (SSSR count). The Labute approximate surface area is 135 Å². The molecule has 2 aromatic heterocycles. The standard InChI is InChI=1S/C16H13FN4OS/c1-10(11-4-6-12(17)7-5-11)18-21-16(22)14-9-13(19-20-14)15-3-2-8-23-15/h2-9H,1H3,(H,19,20)(H,21,22). The number of carbonyl (C=O) groups is 1. The van der Waals surface area contributed by atoms with Crippen LogP contribution >= 0.6 is 11.3 Å². The quantitative estimate of drug-likeness (QED) is 0.569. The lowest BCUT2D eigenvalue weighted by atomic mass is 10.1. The fraction of sp³-hybridized carbons (Fsp3) is 0.0625. The summed E-state index contributed by atoms with van der Waals surface area (Å²) < 4.78 is 12.9. The first-order valence-corrected chi connectivity index (χ1v) is 7.71. The summed E-state index contributed by atoms with van der Waals surface area (Å²) in [5, 5.41) is 12.8. The Morgan fingerprint density at radius 1 is 1.30 bits per heavy atom. The Bertz CT molecular complexity index is 837. The molecular weight excluding hydrogens is 315 g/mol. The van der Waals surface area contributed by atoms with Crippen LogP contribution in [0.4, 0.5) is 4.39 Å². The van der Waals surface area contributed by atoms with Gasteiger partial charge in [0.2, 0.25) is 0 Å². The fourth-order valence-corrected chi connectivity index (χ4v) is 2.64. The van der Waals surface area contributed by atoms with E-state index in [9.17, 15) is 9.18 Å². The number of hydrogen-bond acceptors (Lipinski definition) is 4. The van der Waals surface area contributed by atoms with Crippen molar-refractivity contribution in [2.45, 2.75) is 6.92 Å². The molecule has 0 bridgehead atoms. The van der Waals surface area contributed by atoms with Gasteiger partial charge in [0.25, 0.3) is 5.91 Å². The molecule has 0 fully saturated rings. The van der Waals surface area contributed by atoms with Crippen molar-refractivity contribution in [3.05, 3.63) is 64.9 Å². The third kappa shape index (κ3) is 3.51. The van der Waals surface area contributed by atoms with Gasteiger partial charge in [0, 0.05) is 0 Å². The molecule has 0 spiro atoms. The van der Waals surface area contributed by atoms with Crippen LogP contribution in [0.2, 0.25) is 0 Å². The smallest absolute Gasteiger partial charge is 0.276 e. The summed E-state index contributed by atoms with van der Waals surface area (Å²) in [4.78, 5) is 13.1. The zero-order valence-electron chi connectivity index (χ0n) is 12.2. The van der Waals surface area contributed by atoms with Crippen molar-refractivity contribution in [1.29, 1.82) is 0 Å². The molecule has 0 aliphatic carbocycles. The van der Waals surface area contributed by atoms with Crippen LogP contribution in [-0.4, -0.2) is 21.8 Å². The molecule has 116 valence electrons. The van der Waals surface area contributed by atoms with Gasteiger partial charge < -0.3 is 0 Å². The average Bonchev–Trinajstić information content (AvgIpc) is 3.23. The summed E-state index contributed by atoms with van der Waals surface area (Å²) in [6.45, 7) is 1.73. The zero-order chi connectivity index (χ0) is 16.2. The highest BCUT2D eigenvalue weighted by molar-refractivity contribution is 7.13. The Hall–Kier alpha value is -2.80. The van der Waals surface area contributed by atoms with Gasteiger partial charge in [-0.1, -0.05) is 18.2 Å². The van der Waals surface area contributed by atoms with Crippen molar-refractivity contribution < 1.29 is 9.18 Å². The van der Waals surface area contributed by atoms with Gasteiger partial charge in [-0.25, -0.2) is 9.82 Å². The second-order valence-electron chi connectivity index (χ2n) is 4.79. The van der Waals surface area contributed by atoms with Crippen LogP contribution in [0.15, 0.2) is 52.9 Å². The molecule has 0 atom stereocenters. The van der Waals surface area contributed by atoms with Gasteiger partial charge >= 0.3 is 0 Å². The monoisotopic (exact) mass is 328 g/mol. The Morgan fingerprint density at radius 2 is 2.09 bits per heavy atom. The molecule has 2 N–H and O–H groups in total. The average molecular weight is 328 g/mol. The number of carbonyl (C=O) groups excluding carboxylic acids is 1. The maximum atomic E-state index is 12.9. The third-order valence-electron chi connectivity index (χ3n) is 3.18. The number of H-pyrrole nitrogens is 1. The summed E-state index contributed by atoms with van der Waals surface area (Å²) >= 11 is 1.56. The second-order valence-corrected chi connectivity index (χ2v) is 5.74. The molecule has 5 nitrogen and oxygen atoms in total. The van der Waals surface area contributed by atoms with E-state index < -0.39 is 5.91 Å². The first-order valence-electron chi connectivity index (χ1n) is 6.83. The van der Waals surface area contributed by atoms with E-state index in [1.54, 1.807) is 36.5 Å². The molecule has 0 saturated heterocycles. The molecular formula is C16H13FN4OS. The number of nitrogens with zero attached hydrogens (tertiary/aromatic N) is 2. The van der Waals surface area contributed by atoms with E-state index in [2.05, 4.69) is 20.7 Å². The van der Waals surface area contributed by atoms with E-state index >= 15 is 0 Å². The highest BCUT2D eigenvalue weighted by atomic mass is 32.1. The van der Waals surface area contributed by atoms with Gasteiger partial charge in [0.1, 0.15) is 5.82 Å². The third-order valence-corrected chi connectivity index (χ3v) is 4.09. The predicted molar refractivity (Wildman–Crippen MR) is 88.0 cm³/mol. The van der Waals surface area contributed by atoms with Crippen LogP contribution in [0.1, 0.15) is 23.0 Å². The number of aromatic nitrogens is 2. The van der Waals surface area contributed by atoms with Crippen LogP contribution in [0.5, 0.6) is 0 Å². The number of benzene rings is 1. The minimum absolute atomic E-state index is 0.254. The highest BCUT2D eigenvalue weighted by Gasteiger charge is 2.11. The van der Waals surface area contributed by atoms with Gasteiger partial charge in [-0.2, -0.15) is 10.2 Å². The van der Waals surface area contributed by atoms with E-state index in [1.807, 2.05) is 17.5 Å². The Balaban J connectivity index is 1.69. The number of hydrogen-bond donors (Lipinski definition) is 2. The van der Waals surface area contributed by atoms with E-state index in [1.165, 1.54) is 12.1 Å². The number of halogens is 1. The number of aromatic amines is 1. The summed E-state index contributed by atoms with van der Waals surface area (Å²) in [5.74, 6) is -0.728. The molecule has 0 unspecified atom stereocenters. The molecule has 7 heteroatoms. The lowest BCUT2D eigenvalue weighted by molar-refractivity contribution is 0.0950. The van der Waals surface area contributed by atoms with Gasteiger partial charge in [-0.05, 0) is 42.1 Å². The first-order chi connectivity index (χ1) is 11.1. The molecule has 0 aliphatic heterocycles. The minimum atomic E-state index is -0.412. The predicted octanol–water partition coefficient (Wildman–Crippen LogP) is 3.43. The van der Waals surface area contributed by atoms with Crippen LogP contribution < -0.4 is 5.43 Å². The SMILES string of the molecule is CC(=NNC(=O)c1cc(-c2cccs2)[nH]n1)c1ccc(F)cc1. The summed E-state index contributed by atoms with van der Waals surface area (Å²) in [5.41, 5.74) is 4.79. The van der Waals surface area contributed by atoms with Crippen LogP contribution in [0.25, 0.3) is 10.6 Å². The molecule has 23 heavy (non-hydrogen) atoms. The molecule has 0 radical (unpaired) electrons. The second kappa shape index (κ2) is 6.53. The van der Waals surface area contributed by atoms with Crippen molar-refractivity contribution in [3.63, 3.8) is 0 Å². The normalized spacial score (nSPS) is 11.5. The summed E-state index contributed by atoms with van der Waals surface area (Å²) in [6, 6.07) is 11.4. The van der Waals surface area contributed by atoms with Gasteiger partial charge in [0.05, 0.1) is 16.3 Å². The maximum Gasteiger partial charge on any atom is 0.291 e. The zero-order valence-corrected chi connectivity index (χ0v) is 13.0. The van der Waals surface area contributed by atoms with Crippen LogP contribution in [0.3, 0.4) is 0 Å². The van der Waals surface area contributed by atoms with Crippen molar-refractivity contribution in [2.75, 3.05) is 0 Å². The number of nitrogens with one attached hydrogen (secondary N) is 2. The Kier molecular flexibility index (Phi) is 4.29. The molecule has 2 heterocycles. The topological polar surface area (TPSA) is 70.1 Å². The van der Waals surface area contributed by atoms with Crippen molar-refractivity contribution in [1.82, 2.24) is 15.6 Å². The highest BCUT2D eigenvalue weighted by Crippen LogP contribution is 2.22. The number of rotatable bonds is 4. The van der Waals surface area contributed by atoms with E-state index in [0.717, 1.165) is 16.1 Å². The van der Waals surface area contributed by atoms with Crippen molar-refractivity contribution in [2.24, 2.45) is 5.10 Å². The van der Waals surface area contributed by atoms with Crippen molar-refractivity contribution >= 4 is 23.0 Å². The molecule has 3 aromatic rings. The molecule has 0 saturated carbocycles. The van der Waals surface area contributed by atoms with E-state index in [-0.39, 0.29) is 11.5 Å². The molecule has 1 amide bonds. The van der Waals surface area contributed by atoms with Crippen molar-refractivity contribution in [3.8, 4) is 10.6 Å². The lowest BCUT2D eigenvalue weighted by Gasteiger charge is -2.01. The largest absolute Gasteiger partial charge is 0.291 e. The summed E-state index contributed by atoms with van der Waals surface area (Å²) in [6.07, 6.45) is 0. The van der Waals surface area contributed by atoms with E-state index in [0.29, 0.717) is 5.71 Å². The van der Waals surface area contributed by atoms with Gasteiger partial charge in [0.15, 0.2) is 5.69 Å². The minimum Gasteiger partial charge on any atom is -0.276 e. The first kappa shape index (κ1) is 15.1. The number of hydrazone groups is 1. The lowest BCUT2D eigenvalue weighted by Crippen LogP contribution is -2.19. The molecule has 0 aliphatic rings. The number of amides is 1. The van der Waals surface area contributed by atoms with Crippen LogP contribution in [0, 0.1) is 5.82 Å². The Morgan fingerprint density at radius 3 is 2.78 bits per heavy atom. The van der Waals surface area contributed by atoms with Gasteiger partial charge in [-0.3, -0.25) is 9.89 Å². The maximum absolute atomic E-state index is 12.9. The van der Waals surface area contributed by atoms with Gasteiger partial charge in [-0.15, -0.1) is 11.3 Å². The fourth-order valence-electron chi connectivity index (χ4n) is 1.94.